The van der Waals surface area contributed by atoms with E-state index in [0.717, 1.165) is 11.8 Å². The van der Waals surface area contributed by atoms with Gasteiger partial charge in [0, 0.05) is 5.56 Å². The lowest BCUT2D eigenvalue weighted by Gasteiger charge is -1.97. The van der Waals surface area contributed by atoms with E-state index in [2.05, 4.69) is 10.1 Å². The van der Waals surface area contributed by atoms with E-state index in [0.29, 0.717) is 17.0 Å². The molecule has 2 aromatic rings. The van der Waals surface area contributed by atoms with Crippen LogP contribution in [0.2, 0.25) is 0 Å². The van der Waals surface area contributed by atoms with Gasteiger partial charge in [0.25, 0.3) is 5.22 Å². The second kappa shape index (κ2) is 5.18. The van der Waals surface area contributed by atoms with Gasteiger partial charge >= 0.3 is 5.97 Å². The van der Waals surface area contributed by atoms with Crippen molar-refractivity contribution >= 4 is 17.7 Å². The van der Waals surface area contributed by atoms with Crippen LogP contribution in [0.25, 0.3) is 11.4 Å². The number of carbonyl (C=O) groups is 1. The molecule has 0 amide bonds. The number of thioether (sulfide) groups is 1. The first-order chi connectivity index (χ1) is 8.56. The second-order valence-corrected chi connectivity index (χ2v) is 4.46. The first-order valence-corrected chi connectivity index (χ1v) is 5.99. The lowest BCUT2D eigenvalue weighted by molar-refractivity contribution is -0.133. The van der Waals surface area contributed by atoms with E-state index in [9.17, 15) is 9.18 Å². The van der Waals surface area contributed by atoms with Crippen LogP contribution >= 0.6 is 11.8 Å². The minimum absolute atomic E-state index is 0.149. The average molecular weight is 268 g/mol. The molecule has 0 bridgehead atoms. The topological polar surface area (TPSA) is 76.2 Å². The first-order valence-electron chi connectivity index (χ1n) is 5.01. The molecule has 94 valence electrons. The molecule has 1 N–H and O–H groups in total. The first kappa shape index (κ1) is 12.6. The third kappa shape index (κ3) is 2.86. The van der Waals surface area contributed by atoms with Gasteiger partial charge in [-0.05, 0) is 30.7 Å². The van der Waals surface area contributed by atoms with Crippen molar-refractivity contribution in [1.29, 1.82) is 0 Å². The molecule has 0 radical (unpaired) electrons. The molecule has 0 aliphatic rings. The maximum atomic E-state index is 13.1. The van der Waals surface area contributed by atoms with Gasteiger partial charge < -0.3 is 9.63 Å². The van der Waals surface area contributed by atoms with Gasteiger partial charge in [0.05, 0.1) is 0 Å². The van der Waals surface area contributed by atoms with Gasteiger partial charge in [0.2, 0.25) is 5.82 Å². The van der Waals surface area contributed by atoms with Gasteiger partial charge in [-0.2, -0.15) is 4.98 Å². The number of aliphatic carboxylic acids is 1. The Morgan fingerprint density at radius 1 is 1.56 bits per heavy atom. The van der Waals surface area contributed by atoms with Crippen LogP contribution in [0.4, 0.5) is 4.39 Å². The highest BCUT2D eigenvalue weighted by atomic mass is 32.2. The summed E-state index contributed by atoms with van der Waals surface area (Å²) in [5.74, 6) is -1.10. The second-order valence-electron chi connectivity index (χ2n) is 3.53. The summed E-state index contributed by atoms with van der Waals surface area (Å²) in [6.45, 7) is 1.64. The van der Waals surface area contributed by atoms with E-state index in [4.69, 9.17) is 9.63 Å². The van der Waals surface area contributed by atoms with Gasteiger partial charge in [-0.1, -0.05) is 16.9 Å². The Morgan fingerprint density at radius 3 is 3.00 bits per heavy atom. The largest absolute Gasteiger partial charge is 0.481 e. The Balaban J connectivity index is 2.18. The Morgan fingerprint density at radius 2 is 2.33 bits per heavy atom. The van der Waals surface area contributed by atoms with Gasteiger partial charge in [0.1, 0.15) is 11.6 Å². The number of benzene rings is 1. The van der Waals surface area contributed by atoms with Crippen LogP contribution in [0.5, 0.6) is 0 Å². The molecule has 0 saturated heterocycles. The molecule has 0 atom stereocenters. The molecule has 1 heterocycles. The summed E-state index contributed by atoms with van der Waals surface area (Å²) in [6.07, 6.45) is 0. The van der Waals surface area contributed by atoms with E-state index < -0.39 is 5.97 Å². The van der Waals surface area contributed by atoms with Crippen LogP contribution in [0.15, 0.2) is 27.9 Å². The number of aromatic nitrogens is 2. The molecule has 5 nitrogen and oxygen atoms in total. The van der Waals surface area contributed by atoms with Crippen LogP contribution in [-0.2, 0) is 4.79 Å². The van der Waals surface area contributed by atoms with Crippen molar-refractivity contribution in [3.8, 4) is 11.4 Å². The molecular weight excluding hydrogens is 259 g/mol. The molecule has 2 rings (SSSR count). The van der Waals surface area contributed by atoms with Gasteiger partial charge in [-0.25, -0.2) is 4.39 Å². The van der Waals surface area contributed by atoms with Crippen molar-refractivity contribution in [1.82, 2.24) is 10.1 Å². The van der Waals surface area contributed by atoms with Crippen molar-refractivity contribution < 1.29 is 18.8 Å². The van der Waals surface area contributed by atoms with E-state index >= 15 is 0 Å². The molecule has 1 aromatic carbocycles. The van der Waals surface area contributed by atoms with Gasteiger partial charge in [0.15, 0.2) is 0 Å². The zero-order valence-corrected chi connectivity index (χ0v) is 10.2. The number of hydrogen-bond acceptors (Lipinski definition) is 5. The number of aryl methyl sites for hydroxylation is 1. The molecule has 1 aromatic heterocycles. The van der Waals surface area contributed by atoms with Crippen molar-refractivity contribution in [2.75, 3.05) is 5.75 Å². The minimum Gasteiger partial charge on any atom is -0.481 e. The standard InChI is InChI=1S/C11H9FN2O3S/c1-6-4-7(2-3-8(6)12)10-13-11(17-14-10)18-5-9(15)16/h2-4H,5H2,1H3,(H,15,16). The summed E-state index contributed by atoms with van der Waals surface area (Å²) in [6, 6.07) is 4.47. The minimum atomic E-state index is -0.961. The fourth-order valence-electron chi connectivity index (χ4n) is 1.29. The van der Waals surface area contributed by atoms with E-state index in [1.165, 1.54) is 6.07 Å². The summed E-state index contributed by atoms with van der Waals surface area (Å²) < 4.78 is 18.0. The molecular formula is C11H9FN2O3S. The highest BCUT2D eigenvalue weighted by molar-refractivity contribution is 7.99. The summed E-state index contributed by atoms with van der Waals surface area (Å²) in [5, 5.41) is 12.4. The highest BCUT2D eigenvalue weighted by Gasteiger charge is 2.11. The molecule has 0 fully saturated rings. The lowest BCUT2D eigenvalue weighted by atomic mass is 10.1. The molecule has 18 heavy (non-hydrogen) atoms. The molecule has 0 spiro atoms. The zero-order chi connectivity index (χ0) is 13.1. The van der Waals surface area contributed by atoms with Crippen LogP contribution < -0.4 is 0 Å². The highest BCUT2D eigenvalue weighted by Crippen LogP contribution is 2.22. The maximum absolute atomic E-state index is 13.1. The average Bonchev–Trinajstić information content (AvgIpc) is 2.79. The van der Waals surface area contributed by atoms with Crippen LogP contribution in [0.3, 0.4) is 0 Å². The third-order valence-corrected chi connectivity index (χ3v) is 2.95. The fraction of sp³-hybridized carbons (Fsp3) is 0.182. The smallest absolute Gasteiger partial charge is 0.314 e. The Kier molecular flexibility index (Phi) is 3.61. The quantitative estimate of drug-likeness (QED) is 0.858. The Labute approximate surface area is 106 Å². The lowest BCUT2D eigenvalue weighted by Crippen LogP contribution is -1.97. The third-order valence-electron chi connectivity index (χ3n) is 2.14. The predicted molar refractivity (Wildman–Crippen MR) is 62.8 cm³/mol. The Bertz CT molecular complexity index is 585. The van der Waals surface area contributed by atoms with Gasteiger partial charge in [-0.15, -0.1) is 0 Å². The van der Waals surface area contributed by atoms with Crippen molar-refractivity contribution in [2.45, 2.75) is 12.1 Å². The zero-order valence-electron chi connectivity index (χ0n) is 9.38. The fourth-order valence-corrected chi connectivity index (χ4v) is 1.78. The Hall–Kier alpha value is -1.89. The number of nitrogens with zero attached hydrogens (tertiary/aromatic N) is 2. The number of rotatable bonds is 4. The number of carboxylic acids is 1. The van der Waals surface area contributed by atoms with E-state index in [1.807, 2.05) is 0 Å². The number of hydrogen-bond donors (Lipinski definition) is 1. The van der Waals surface area contributed by atoms with Crippen molar-refractivity contribution in [2.24, 2.45) is 0 Å². The maximum Gasteiger partial charge on any atom is 0.314 e. The molecule has 0 aliphatic carbocycles. The number of carboxylic acid groups (broad SMARTS) is 1. The summed E-state index contributed by atoms with van der Waals surface area (Å²) in [5.41, 5.74) is 1.11. The monoisotopic (exact) mass is 268 g/mol. The molecule has 7 heteroatoms. The summed E-state index contributed by atoms with van der Waals surface area (Å²) >= 11 is 0.937. The van der Waals surface area contributed by atoms with Crippen molar-refractivity contribution in [3.63, 3.8) is 0 Å². The summed E-state index contributed by atoms with van der Waals surface area (Å²) in [7, 11) is 0. The molecule has 0 saturated carbocycles. The molecule has 0 unspecified atom stereocenters. The van der Waals surface area contributed by atoms with E-state index in [-0.39, 0.29) is 16.8 Å². The van der Waals surface area contributed by atoms with Gasteiger partial charge in [-0.3, -0.25) is 4.79 Å². The van der Waals surface area contributed by atoms with Crippen LogP contribution in [0.1, 0.15) is 5.56 Å². The normalized spacial score (nSPS) is 10.6. The molecule has 0 aliphatic heterocycles. The summed E-state index contributed by atoms with van der Waals surface area (Å²) in [4.78, 5) is 14.4. The number of halogens is 1. The predicted octanol–water partition coefficient (Wildman–Crippen LogP) is 2.36. The van der Waals surface area contributed by atoms with Crippen LogP contribution in [-0.4, -0.2) is 27.0 Å². The van der Waals surface area contributed by atoms with Crippen LogP contribution in [0, 0.1) is 12.7 Å². The van der Waals surface area contributed by atoms with E-state index in [1.54, 1.807) is 19.1 Å². The van der Waals surface area contributed by atoms with Crippen molar-refractivity contribution in [3.05, 3.63) is 29.6 Å². The SMILES string of the molecule is Cc1cc(-c2noc(SCC(=O)O)n2)ccc1F.